The number of hydrazone groups is 1. The molecule has 2 aliphatic heterocycles. The summed E-state index contributed by atoms with van der Waals surface area (Å²) in [5, 5.41) is 9.12. The number of amides is 3. The Morgan fingerprint density at radius 2 is 2.00 bits per heavy atom. The van der Waals surface area contributed by atoms with Crippen LogP contribution >= 0.6 is 0 Å². The van der Waals surface area contributed by atoms with Gasteiger partial charge in [-0.25, -0.2) is 9.59 Å². The summed E-state index contributed by atoms with van der Waals surface area (Å²) in [6.07, 6.45) is 4.44. The normalized spacial score (nSPS) is 28.5. The van der Waals surface area contributed by atoms with E-state index < -0.39 is 5.60 Å². The summed E-state index contributed by atoms with van der Waals surface area (Å²) < 4.78 is 11.7. The molecule has 4 atom stereocenters. The second-order valence-corrected chi connectivity index (χ2v) is 11.6. The van der Waals surface area contributed by atoms with E-state index in [1.165, 1.54) is 0 Å². The zero-order valence-electron chi connectivity index (χ0n) is 22.2. The van der Waals surface area contributed by atoms with Crippen molar-refractivity contribution in [3.63, 3.8) is 0 Å². The number of hydroxylamine groups is 2. The molecule has 3 amide bonds. The van der Waals surface area contributed by atoms with E-state index >= 15 is 0 Å². The maximum atomic E-state index is 13.5. The van der Waals surface area contributed by atoms with Crippen molar-refractivity contribution in [2.75, 3.05) is 6.54 Å². The van der Waals surface area contributed by atoms with Crippen LogP contribution in [0.5, 0.6) is 0 Å². The summed E-state index contributed by atoms with van der Waals surface area (Å²) in [6.45, 7) is 8.43. The van der Waals surface area contributed by atoms with Crippen molar-refractivity contribution >= 4 is 18.0 Å². The van der Waals surface area contributed by atoms with Crippen LogP contribution in [0.25, 0.3) is 0 Å². The minimum Gasteiger partial charge on any atom is -0.453 e. The van der Waals surface area contributed by atoms with Crippen LogP contribution in [0.3, 0.4) is 0 Å². The predicted molar refractivity (Wildman–Crippen MR) is 137 cm³/mol. The molecule has 1 spiro atoms. The van der Waals surface area contributed by atoms with Crippen molar-refractivity contribution in [3.8, 4) is 0 Å². The molecule has 202 valence electrons. The van der Waals surface area contributed by atoms with E-state index in [9.17, 15) is 9.59 Å². The highest BCUT2D eigenvalue weighted by atomic mass is 16.7. The number of hydrogen-bond acceptors (Lipinski definition) is 7. The van der Waals surface area contributed by atoms with Gasteiger partial charge in [0.2, 0.25) is 5.90 Å². The molecule has 1 saturated heterocycles. The van der Waals surface area contributed by atoms with Gasteiger partial charge in [-0.2, -0.15) is 5.06 Å². The van der Waals surface area contributed by atoms with Crippen LogP contribution in [0.1, 0.15) is 71.8 Å². The number of ether oxygens (including phenoxy) is 2. The first kappa shape index (κ1) is 25.6. The van der Waals surface area contributed by atoms with Crippen LogP contribution in [0.2, 0.25) is 0 Å². The average molecular weight is 514 g/mol. The topological polar surface area (TPSA) is 105 Å². The Morgan fingerprint density at radius 1 is 1.24 bits per heavy atom. The Morgan fingerprint density at radius 3 is 2.68 bits per heavy atom. The number of carbonyl (C=O) groups excluding carboxylic acids is 2. The van der Waals surface area contributed by atoms with Gasteiger partial charge in [-0.15, -0.1) is 5.10 Å². The van der Waals surface area contributed by atoms with Gasteiger partial charge in [-0.05, 0) is 65.4 Å². The zero-order valence-corrected chi connectivity index (χ0v) is 22.2. The number of alkyl carbamates (subject to hydrolysis) is 1. The smallest absolute Gasteiger partial charge is 0.407 e. The molecule has 3 fully saturated rings. The average Bonchev–Trinajstić information content (AvgIpc) is 3.23. The molecular weight excluding hydrogens is 474 g/mol. The van der Waals surface area contributed by atoms with Crippen molar-refractivity contribution in [3.05, 3.63) is 35.9 Å². The largest absolute Gasteiger partial charge is 0.453 e. The van der Waals surface area contributed by atoms with E-state index in [2.05, 4.69) is 15.8 Å². The van der Waals surface area contributed by atoms with Gasteiger partial charge in [0.05, 0.1) is 5.54 Å². The van der Waals surface area contributed by atoms with Crippen LogP contribution in [-0.2, 0) is 20.9 Å². The molecule has 4 aliphatic rings. The predicted octanol–water partition coefficient (Wildman–Crippen LogP) is 4.12. The van der Waals surface area contributed by atoms with Crippen molar-refractivity contribution in [2.45, 2.75) is 102 Å². The van der Waals surface area contributed by atoms with Gasteiger partial charge < -0.3 is 19.7 Å². The monoisotopic (exact) mass is 513 g/mol. The molecule has 1 aromatic rings. The summed E-state index contributed by atoms with van der Waals surface area (Å²) in [7, 11) is 0. The van der Waals surface area contributed by atoms with Gasteiger partial charge in [0.15, 0.2) is 6.23 Å². The van der Waals surface area contributed by atoms with Crippen molar-refractivity contribution in [1.82, 2.24) is 20.7 Å². The SMILES string of the molecule is CCN1C(=O)N(OCc2ccccc2)C2(CC2)CC1C1=NNC([C@H]2CC[C@H](NC(=O)OC(C)(C)C)C2)O1. The van der Waals surface area contributed by atoms with Gasteiger partial charge in [-0.3, -0.25) is 10.3 Å². The summed E-state index contributed by atoms with van der Waals surface area (Å²) in [5.74, 6) is 0.772. The number of nitrogens with one attached hydrogen (secondary N) is 2. The third-order valence-electron chi connectivity index (χ3n) is 7.63. The second kappa shape index (κ2) is 10.0. The Kier molecular flexibility index (Phi) is 6.95. The minimum atomic E-state index is -0.523. The number of carbonyl (C=O) groups is 2. The van der Waals surface area contributed by atoms with E-state index in [1.807, 2.05) is 58.0 Å². The lowest BCUT2D eigenvalue weighted by Crippen LogP contribution is -2.61. The highest BCUT2D eigenvalue weighted by Crippen LogP contribution is 2.50. The van der Waals surface area contributed by atoms with Crippen molar-refractivity contribution in [1.29, 1.82) is 0 Å². The Balaban J connectivity index is 1.17. The Bertz CT molecular complexity index is 1020. The van der Waals surface area contributed by atoms with Gasteiger partial charge in [0, 0.05) is 24.9 Å². The van der Waals surface area contributed by atoms with E-state index in [4.69, 9.17) is 14.3 Å². The molecule has 2 unspecified atom stereocenters. The first-order chi connectivity index (χ1) is 17.7. The van der Waals surface area contributed by atoms with Crippen molar-refractivity contribution < 1.29 is 23.9 Å². The molecule has 2 heterocycles. The lowest BCUT2D eigenvalue weighted by molar-refractivity contribution is -0.186. The summed E-state index contributed by atoms with van der Waals surface area (Å²) >= 11 is 0. The van der Waals surface area contributed by atoms with E-state index in [0.717, 1.165) is 44.1 Å². The molecule has 10 nitrogen and oxygen atoms in total. The summed E-state index contributed by atoms with van der Waals surface area (Å²) in [4.78, 5) is 33.6. The number of likely N-dealkylation sites (N-methyl/N-ethyl adjacent to an activating group) is 1. The fourth-order valence-corrected chi connectivity index (χ4v) is 5.60. The molecule has 0 radical (unpaired) electrons. The Hall–Kier alpha value is -3.01. The quantitative estimate of drug-likeness (QED) is 0.568. The fraction of sp³-hybridized carbons (Fsp3) is 0.667. The zero-order chi connectivity index (χ0) is 26.2. The number of hydrogen-bond donors (Lipinski definition) is 2. The number of rotatable bonds is 7. The van der Waals surface area contributed by atoms with E-state index in [0.29, 0.717) is 19.0 Å². The van der Waals surface area contributed by atoms with Gasteiger partial charge >= 0.3 is 12.1 Å². The molecule has 2 saturated carbocycles. The van der Waals surface area contributed by atoms with Gasteiger partial charge in [0.25, 0.3) is 0 Å². The fourth-order valence-electron chi connectivity index (χ4n) is 5.60. The number of urea groups is 1. The van der Waals surface area contributed by atoms with Crippen LogP contribution < -0.4 is 10.7 Å². The maximum Gasteiger partial charge on any atom is 0.407 e. The van der Waals surface area contributed by atoms with Crippen LogP contribution in [0.15, 0.2) is 35.4 Å². The number of benzene rings is 1. The van der Waals surface area contributed by atoms with Crippen molar-refractivity contribution in [2.24, 2.45) is 11.0 Å². The third kappa shape index (κ3) is 5.63. The van der Waals surface area contributed by atoms with Crippen LogP contribution in [0.4, 0.5) is 9.59 Å². The molecule has 0 bridgehead atoms. The number of nitrogens with zero attached hydrogens (tertiary/aromatic N) is 3. The molecule has 10 heteroatoms. The van der Waals surface area contributed by atoms with Crippen LogP contribution in [-0.4, -0.2) is 64.0 Å². The maximum absolute atomic E-state index is 13.5. The molecule has 5 rings (SSSR count). The first-order valence-electron chi connectivity index (χ1n) is 13.4. The summed E-state index contributed by atoms with van der Waals surface area (Å²) in [6, 6.07) is 9.58. The molecule has 37 heavy (non-hydrogen) atoms. The molecule has 1 aromatic carbocycles. The summed E-state index contributed by atoms with van der Waals surface area (Å²) in [5.41, 5.74) is 3.37. The van der Waals surface area contributed by atoms with Gasteiger partial charge in [-0.1, -0.05) is 30.3 Å². The van der Waals surface area contributed by atoms with Gasteiger partial charge in [0.1, 0.15) is 18.2 Å². The molecule has 2 N–H and O–H groups in total. The third-order valence-corrected chi connectivity index (χ3v) is 7.63. The lowest BCUT2D eigenvalue weighted by Gasteiger charge is -2.44. The molecular formula is C27H39N5O5. The first-order valence-corrected chi connectivity index (χ1v) is 13.4. The molecule has 2 aliphatic carbocycles. The Labute approximate surface area is 218 Å². The van der Waals surface area contributed by atoms with E-state index in [-0.39, 0.29) is 41.9 Å². The second-order valence-electron chi connectivity index (χ2n) is 11.6. The highest BCUT2D eigenvalue weighted by molar-refractivity contribution is 5.89. The minimum absolute atomic E-state index is 0.0442. The van der Waals surface area contributed by atoms with Crippen LogP contribution in [0, 0.1) is 5.92 Å². The van der Waals surface area contributed by atoms with E-state index in [1.54, 1.807) is 9.96 Å². The highest BCUT2D eigenvalue weighted by Gasteiger charge is 2.59. The molecule has 0 aromatic heterocycles. The standard InChI is InChI=1S/C27H39N5O5/c1-5-31-21(16-27(13-14-27)32(25(31)34)35-17-18-9-7-6-8-10-18)23-30-29-22(36-23)19-11-12-20(15-19)28-24(33)37-26(2,3)4/h6-10,19-22,29H,5,11-17H2,1-4H3,(H,28,33)/t19-,20-,21?,22?/m0/s1. The lowest BCUT2D eigenvalue weighted by atomic mass is 10.00.